The van der Waals surface area contributed by atoms with E-state index in [0.29, 0.717) is 0 Å². The van der Waals surface area contributed by atoms with Gasteiger partial charge in [-0.25, -0.2) is 0 Å². The summed E-state index contributed by atoms with van der Waals surface area (Å²) in [6.07, 6.45) is 5.15. The first-order chi connectivity index (χ1) is 8.62. The quantitative estimate of drug-likeness (QED) is 0.888. The van der Waals surface area contributed by atoms with Crippen LogP contribution in [0.25, 0.3) is 0 Å². The summed E-state index contributed by atoms with van der Waals surface area (Å²) in [7, 11) is 0. The van der Waals surface area contributed by atoms with Crippen LogP contribution in [-0.2, 0) is 10.2 Å². The van der Waals surface area contributed by atoms with Gasteiger partial charge in [-0.2, -0.15) is 0 Å². The van der Waals surface area contributed by atoms with Crippen molar-refractivity contribution in [2.75, 3.05) is 0 Å². The molecule has 0 unspecified atom stereocenters. The lowest BCUT2D eigenvalue weighted by molar-refractivity contribution is -0.140. The molecule has 0 aromatic heterocycles. The lowest BCUT2D eigenvalue weighted by Gasteiger charge is -2.28. The van der Waals surface area contributed by atoms with Gasteiger partial charge in [-0.05, 0) is 45.1 Å². The Morgan fingerprint density at radius 1 is 1.39 bits per heavy atom. The highest BCUT2D eigenvalue weighted by molar-refractivity contribution is 5.86. The van der Waals surface area contributed by atoms with E-state index in [1.54, 1.807) is 0 Å². The van der Waals surface area contributed by atoms with Gasteiger partial charge in [0.25, 0.3) is 0 Å². The molecular weight excluding hydrogens is 228 g/mol. The number of aliphatic carboxylic acids is 1. The molecule has 1 aromatic carbocycles. The number of carboxylic acids is 1. The molecule has 0 amide bonds. The summed E-state index contributed by atoms with van der Waals surface area (Å²) >= 11 is 0. The van der Waals surface area contributed by atoms with E-state index in [-0.39, 0.29) is 6.10 Å². The number of benzene rings is 1. The van der Waals surface area contributed by atoms with Gasteiger partial charge < -0.3 is 9.84 Å². The average Bonchev–Trinajstić information content (AvgIpc) is 3.06. The number of hydrogen-bond acceptors (Lipinski definition) is 2. The van der Waals surface area contributed by atoms with Crippen molar-refractivity contribution in [1.29, 1.82) is 0 Å². The number of carbonyl (C=O) groups is 1. The molecule has 1 aromatic rings. The minimum atomic E-state index is -0.716. The Hall–Kier alpha value is -1.51. The third-order valence-corrected chi connectivity index (χ3v) is 4.16. The normalized spacial score (nSPS) is 21.2. The summed E-state index contributed by atoms with van der Waals surface area (Å²) in [4.78, 5) is 11.5. The molecular formula is C15H18O3. The minimum Gasteiger partial charge on any atom is -0.490 e. The number of rotatable bonds is 4. The monoisotopic (exact) mass is 246 g/mol. The van der Waals surface area contributed by atoms with Crippen LogP contribution in [-0.4, -0.2) is 17.2 Å². The maximum absolute atomic E-state index is 11.5. The molecule has 3 rings (SSSR count). The molecule has 0 saturated heterocycles. The summed E-state index contributed by atoms with van der Waals surface area (Å²) in [6, 6.07) is 5.91. The van der Waals surface area contributed by atoms with Crippen LogP contribution >= 0.6 is 0 Å². The fourth-order valence-electron chi connectivity index (χ4n) is 2.51. The second-order valence-corrected chi connectivity index (χ2v) is 5.56. The first-order valence-corrected chi connectivity index (χ1v) is 6.63. The zero-order valence-corrected chi connectivity index (χ0v) is 10.6. The molecule has 1 N–H and O–H groups in total. The van der Waals surface area contributed by atoms with Crippen LogP contribution in [0, 0.1) is 6.92 Å². The smallest absolute Gasteiger partial charge is 0.314 e. The van der Waals surface area contributed by atoms with Gasteiger partial charge >= 0.3 is 5.97 Å². The lowest BCUT2D eigenvalue weighted by Crippen LogP contribution is -2.27. The van der Waals surface area contributed by atoms with Gasteiger partial charge in [0.1, 0.15) is 5.75 Å². The average molecular weight is 246 g/mol. The summed E-state index contributed by atoms with van der Waals surface area (Å²) in [5, 5.41) is 9.42. The van der Waals surface area contributed by atoms with Crippen molar-refractivity contribution in [1.82, 2.24) is 0 Å². The summed E-state index contributed by atoms with van der Waals surface area (Å²) in [6.45, 7) is 1.99. The molecule has 96 valence electrons. The van der Waals surface area contributed by atoms with Crippen molar-refractivity contribution in [3.05, 3.63) is 29.3 Å². The van der Waals surface area contributed by atoms with Crippen molar-refractivity contribution in [2.45, 2.75) is 50.5 Å². The largest absolute Gasteiger partial charge is 0.490 e. The van der Waals surface area contributed by atoms with E-state index in [1.807, 2.05) is 25.1 Å². The third kappa shape index (κ3) is 1.78. The molecule has 0 aliphatic heterocycles. The molecule has 2 aliphatic carbocycles. The van der Waals surface area contributed by atoms with Crippen LogP contribution in [0.2, 0.25) is 0 Å². The van der Waals surface area contributed by atoms with Gasteiger partial charge in [-0.15, -0.1) is 0 Å². The van der Waals surface area contributed by atoms with E-state index in [2.05, 4.69) is 0 Å². The Morgan fingerprint density at radius 3 is 2.61 bits per heavy atom. The summed E-state index contributed by atoms with van der Waals surface area (Å²) in [5.74, 6) is 0.0664. The Balaban J connectivity index is 1.95. The Labute approximate surface area is 107 Å². The van der Waals surface area contributed by atoms with Crippen molar-refractivity contribution < 1.29 is 14.6 Å². The fourth-order valence-corrected chi connectivity index (χ4v) is 2.51. The molecule has 0 atom stereocenters. The van der Waals surface area contributed by atoms with E-state index in [9.17, 15) is 9.90 Å². The fraction of sp³-hybridized carbons (Fsp3) is 0.533. The lowest BCUT2D eigenvalue weighted by atomic mass is 9.92. The number of carboxylic acid groups (broad SMARTS) is 1. The Bertz CT molecular complexity index is 485. The van der Waals surface area contributed by atoms with Crippen molar-refractivity contribution in [3.8, 4) is 5.75 Å². The minimum absolute atomic E-state index is 0.288. The predicted molar refractivity (Wildman–Crippen MR) is 68.0 cm³/mol. The van der Waals surface area contributed by atoms with Crippen molar-refractivity contribution in [3.63, 3.8) is 0 Å². The molecule has 2 saturated carbocycles. The van der Waals surface area contributed by atoms with Gasteiger partial charge in [0, 0.05) is 5.56 Å². The summed E-state index contributed by atoms with van der Waals surface area (Å²) in [5.41, 5.74) is 1.30. The van der Waals surface area contributed by atoms with Gasteiger partial charge in [0.05, 0.1) is 11.5 Å². The molecule has 3 nitrogen and oxygen atoms in total. The van der Waals surface area contributed by atoms with Crippen LogP contribution in [0.1, 0.15) is 43.2 Å². The molecule has 18 heavy (non-hydrogen) atoms. The molecule has 0 bridgehead atoms. The van der Waals surface area contributed by atoms with Crippen LogP contribution in [0.3, 0.4) is 0 Å². The Kier molecular flexibility index (Phi) is 2.58. The molecule has 0 heterocycles. The van der Waals surface area contributed by atoms with Gasteiger partial charge in [-0.3, -0.25) is 4.79 Å². The highest BCUT2D eigenvalue weighted by Gasteiger charge is 2.53. The van der Waals surface area contributed by atoms with E-state index >= 15 is 0 Å². The number of ether oxygens (including phenoxy) is 1. The second kappa shape index (κ2) is 4.01. The number of aryl methyl sites for hydroxylation is 1. The highest BCUT2D eigenvalue weighted by atomic mass is 16.5. The predicted octanol–water partition coefficient (Wildman–Crippen LogP) is 3.04. The van der Waals surface area contributed by atoms with Crippen molar-refractivity contribution in [2.24, 2.45) is 0 Å². The van der Waals surface area contributed by atoms with Gasteiger partial charge in [0.2, 0.25) is 0 Å². The van der Waals surface area contributed by atoms with Gasteiger partial charge in [-0.1, -0.05) is 17.7 Å². The molecule has 0 spiro atoms. The second-order valence-electron chi connectivity index (χ2n) is 5.56. The zero-order valence-electron chi connectivity index (χ0n) is 10.6. The topological polar surface area (TPSA) is 46.5 Å². The SMILES string of the molecule is Cc1ccc(OC2CCC2)c(C2(C(=O)O)CC2)c1. The maximum atomic E-state index is 11.5. The van der Waals surface area contributed by atoms with E-state index in [4.69, 9.17) is 4.74 Å². The molecule has 3 heteroatoms. The van der Waals surface area contributed by atoms with E-state index < -0.39 is 11.4 Å². The molecule has 2 fully saturated rings. The van der Waals surface area contributed by atoms with Crippen LogP contribution in [0.5, 0.6) is 5.75 Å². The molecule has 2 aliphatic rings. The third-order valence-electron chi connectivity index (χ3n) is 4.16. The van der Waals surface area contributed by atoms with Crippen LogP contribution in [0.15, 0.2) is 18.2 Å². The Morgan fingerprint density at radius 2 is 2.11 bits per heavy atom. The zero-order chi connectivity index (χ0) is 12.8. The standard InChI is InChI=1S/C15H18O3/c1-10-5-6-13(18-11-3-2-4-11)12(9-10)15(7-8-15)14(16)17/h5-6,9,11H,2-4,7-8H2,1H3,(H,16,17). The first kappa shape index (κ1) is 11.6. The molecule has 0 radical (unpaired) electrons. The number of hydrogen-bond donors (Lipinski definition) is 1. The van der Waals surface area contributed by atoms with Crippen LogP contribution in [0.4, 0.5) is 0 Å². The first-order valence-electron chi connectivity index (χ1n) is 6.63. The van der Waals surface area contributed by atoms with E-state index in [1.165, 1.54) is 6.42 Å². The van der Waals surface area contributed by atoms with Crippen molar-refractivity contribution >= 4 is 5.97 Å². The highest BCUT2D eigenvalue weighted by Crippen LogP contribution is 2.52. The summed E-state index contributed by atoms with van der Waals surface area (Å²) < 4.78 is 5.95. The van der Waals surface area contributed by atoms with Gasteiger partial charge in [0.15, 0.2) is 0 Å². The maximum Gasteiger partial charge on any atom is 0.314 e. The van der Waals surface area contributed by atoms with E-state index in [0.717, 1.165) is 42.6 Å². The van der Waals surface area contributed by atoms with Crippen LogP contribution < -0.4 is 4.74 Å².